The van der Waals surface area contributed by atoms with E-state index in [9.17, 15) is 9.90 Å². The number of aliphatic hydroxyl groups excluding tert-OH is 1. The molecule has 3 N–H and O–H groups in total. The monoisotopic (exact) mass is 393 g/mol. The molecule has 0 saturated heterocycles. The van der Waals surface area contributed by atoms with Crippen LogP contribution >= 0.6 is 0 Å². The second-order valence-corrected chi connectivity index (χ2v) is 8.62. The summed E-state index contributed by atoms with van der Waals surface area (Å²) in [5, 5.41) is 16.3. The van der Waals surface area contributed by atoms with Gasteiger partial charge < -0.3 is 15.7 Å². The van der Waals surface area contributed by atoms with Gasteiger partial charge in [-0.15, -0.1) is 0 Å². The van der Waals surface area contributed by atoms with Crippen LogP contribution in [0.3, 0.4) is 0 Å². The van der Waals surface area contributed by atoms with Crippen molar-refractivity contribution in [1.82, 2.24) is 19.7 Å². The van der Waals surface area contributed by atoms with E-state index in [1.165, 1.54) is 6.42 Å². The molecule has 0 bridgehead atoms. The van der Waals surface area contributed by atoms with Gasteiger partial charge in [0.1, 0.15) is 0 Å². The fourth-order valence-electron chi connectivity index (χ4n) is 4.32. The number of benzene rings is 1. The first-order valence-corrected chi connectivity index (χ1v) is 10.6. The Bertz CT molecular complexity index is 1050. The van der Waals surface area contributed by atoms with Crippen LogP contribution in [-0.2, 0) is 0 Å². The highest BCUT2D eigenvalue weighted by atomic mass is 16.3. The van der Waals surface area contributed by atoms with Crippen molar-refractivity contribution in [3.8, 4) is 0 Å². The molecule has 1 amide bonds. The third-order valence-corrected chi connectivity index (χ3v) is 6.42. The molecule has 5 rings (SSSR count). The zero-order valence-electron chi connectivity index (χ0n) is 16.6. The van der Waals surface area contributed by atoms with E-state index in [-0.39, 0.29) is 12.0 Å². The van der Waals surface area contributed by atoms with Crippen molar-refractivity contribution in [3.63, 3.8) is 0 Å². The molecule has 152 valence electrons. The summed E-state index contributed by atoms with van der Waals surface area (Å²) in [6.45, 7) is 2.96. The number of nitrogens with one attached hydrogen (secondary N) is 2. The molecule has 7 nitrogen and oxygen atoms in total. The minimum atomic E-state index is -0.184. The highest BCUT2D eigenvalue weighted by Gasteiger charge is 2.32. The molecule has 2 aliphatic rings. The van der Waals surface area contributed by atoms with E-state index in [1.807, 2.05) is 28.8 Å². The van der Waals surface area contributed by atoms with E-state index < -0.39 is 0 Å². The van der Waals surface area contributed by atoms with E-state index in [2.05, 4.69) is 22.5 Å². The standard InChI is InChI=1S/C22H27N5O2/c1-13-10-15(13)12-24-22(29)14-2-7-18-19(11-14)27-9-8-23-21(27)20(26-18)25-16-3-5-17(28)6-4-16/h2,7-9,11,13,15-17,28H,3-6,10,12H2,1H3,(H,24,29)(H,25,26). The smallest absolute Gasteiger partial charge is 0.251 e. The van der Waals surface area contributed by atoms with Gasteiger partial charge in [-0.2, -0.15) is 0 Å². The average Bonchev–Trinajstić information content (AvgIpc) is 3.21. The normalized spacial score (nSPS) is 26.6. The lowest BCUT2D eigenvalue weighted by atomic mass is 9.93. The molecule has 2 saturated carbocycles. The third-order valence-electron chi connectivity index (χ3n) is 6.42. The Morgan fingerprint density at radius 2 is 2.07 bits per heavy atom. The van der Waals surface area contributed by atoms with E-state index in [0.717, 1.165) is 60.6 Å². The lowest BCUT2D eigenvalue weighted by Crippen LogP contribution is -2.28. The number of fused-ring (bicyclic) bond motifs is 3. The van der Waals surface area contributed by atoms with Crippen molar-refractivity contribution in [1.29, 1.82) is 0 Å². The molecular weight excluding hydrogens is 366 g/mol. The number of rotatable bonds is 5. The summed E-state index contributed by atoms with van der Waals surface area (Å²) < 4.78 is 1.99. The van der Waals surface area contributed by atoms with Crippen molar-refractivity contribution in [2.45, 2.75) is 51.2 Å². The number of anilines is 1. The number of amides is 1. The summed E-state index contributed by atoms with van der Waals surface area (Å²) in [7, 11) is 0. The molecule has 29 heavy (non-hydrogen) atoms. The van der Waals surface area contributed by atoms with Gasteiger partial charge in [0.15, 0.2) is 11.5 Å². The first-order valence-electron chi connectivity index (χ1n) is 10.6. The van der Waals surface area contributed by atoms with Crippen molar-refractivity contribution in [2.75, 3.05) is 11.9 Å². The van der Waals surface area contributed by atoms with Crippen LogP contribution in [0, 0.1) is 11.8 Å². The van der Waals surface area contributed by atoms with Crippen LogP contribution in [0.2, 0.25) is 0 Å². The molecule has 0 aliphatic heterocycles. The largest absolute Gasteiger partial charge is 0.393 e. The predicted octanol–water partition coefficient (Wildman–Crippen LogP) is 2.98. The molecule has 2 fully saturated rings. The number of nitrogens with zero attached hydrogens (tertiary/aromatic N) is 3. The number of imidazole rings is 1. The summed E-state index contributed by atoms with van der Waals surface area (Å²) in [5.41, 5.74) is 3.09. The average molecular weight is 393 g/mol. The van der Waals surface area contributed by atoms with Crippen LogP contribution in [0.1, 0.15) is 49.4 Å². The summed E-state index contributed by atoms with van der Waals surface area (Å²) in [6.07, 6.45) is 8.15. The second-order valence-electron chi connectivity index (χ2n) is 8.62. The Morgan fingerprint density at radius 3 is 2.83 bits per heavy atom. The van der Waals surface area contributed by atoms with Crippen molar-refractivity contribution in [3.05, 3.63) is 36.2 Å². The van der Waals surface area contributed by atoms with Crippen LogP contribution in [0.5, 0.6) is 0 Å². The van der Waals surface area contributed by atoms with Crippen LogP contribution in [0.4, 0.5) is 5.82 Å². The number of aliphatic hydroxyl groups is 1. The molecule has 2 aromatic heterocycles. The number of carbonyl (C=O) groups excluding carboxylic acids is 1. The molecule has 2 atom stereocenters. The van der Waals surface area contributed by atoms with E-state index >= 15 is 0 Å². The van der Waals surface area contributed by atoms with Crippen LogP contribution < -0.4 is 10.6 Å². The molecular formula is C22H27N5O2. The maximum Gasteiger partial charge on any atom is 0.251 e. The minimum absolute atomic E-state index is 0.0396. The quantitative estimate of drug-likeness (QED) is 0.620. The number of aromatic nitrogens is 3. The van der Waals surface area contributed by atoms with Gasteiger partial charge in [-0.25, -0.2) is 9.97 Å². The topological polar surface area (TPSA) is 91.5 Å². The van der Waals surface area contributed by atoms with Gasteiger partial charge in [-0.05, 0) is 62.1 Å². The summed E-state index contributed by atoms with van der Waals surface area (Å²) in [5.74, 6) is 2.06. The van der Waals surface area contributed by atoms with E-state index in [4.69, 9.17) is 4.98 Å². The Labute approximate surface area is 169 Å². The van der Waals surface area contributed by atoms with Gasteiger partial charge in [0.25, 0.3) is 5.91 Å². The zero-order chi connectivity index (χ0) is 20.0. The van der Waals surface area contributed by atoms with Gasteiger partial charge in [-0.3, -0.25) is 9.20 Å². The molecule has 0 radical (unpaired) electrons. The number of hydrogen-bond acceptors (Lipinski definition) is 5. The minimum Gasteiger partial charge on any atom is -0.393 e. The van der Waals surface area contributed by atoms with E-state index in [1.54, 1.807) is 6.20 Å². The molecule has 7 heteroatoms. The summed E-state index contributed by atoms with van der Waals surface area (Å²) >= 11 is 0. The molecule has 3 aromatic rings. The molecule has 0 spiro atoms. The molecule has 2 unspecified atom stereocenters. The zero-order valence-corrected chi connectivity index (χ0v) is 16.6. The Hall–Kier alpha value is -2.67. The van der Waals surface area contributed by atoms with Crippen molar-refractivity contribution < 1.29 is 9.90 Å². The first-order chi connectivity index (χ1) is 14.1. The SMILES string of the molecule is CC1CC1CNC(=O)c1ccc2nc(NC3CCC(O)CC3)c3nccn3c2c1. The highest BCUT2D eigenvalue weighted by Crippen LogP contribution is 2.36. The lowest BCUT2D eigenvalue weighted by Gasteiger charge is -2.26. The van der Waals surface area contributed by atoms with Gasteiger partial charge >= 0.3 is 0 Å². The number of hydrogen-bond donors (Lipinski definition) is 3. The van der Waals surface area contributed by atoms with Gasteiger partial charge in [-0.1, -0.05) is 6.92 Å². The molecule has 2 heterocycles. The Morgan fingerprint density at radius 1 is 1.28 bits per heavy atom. The van der Waals surface area contributed by atoms with Gasteiger partial charge in [0.05, 0.1) is 17.1 Å². The fourth-order valence-corrected chi connectivity index (χ4v) is 4.32. The summed E-state index contributed by atoms with van der Waals surface area (Å²) in [4.78, 5) is 21.9. The maximum absolute atomic E-state index is 12.6. The van der Waals surface area contributed by atoms with E-state index in [0.29, 0.717) is 17.5 Å². The van der Waals surface area contributed by atoms with Gasteiger partial charge in [0.2, 0.25) is 0 Å². The molecule has 1 aromatic carbocycles. The Kier molecular flexibility index (Phi) is 4.62. The summed E-state index contributed by atoms with van der Waals surface area (Å²) in [6, 6.07) is 5.92. The van der Waals surface area contributed by atoms with Gasteiger partial charge in [0, 0.05) is 30.5 Å². The maximum atomic E-state index is 12.6. The number of carbonyl (C=O) groups is 1. The highest BCUT2D eigenvalue weighted by molar-refractivity contribution is 5.98. The fraction of sp³-hybridized carbons (Fsp3) is 0.500. The molecule has 2 aliphatic carbocycles. The second kappa shape index (κ2) is 7.30. The van der Waals surface area contributed by atoms with Crippen molar-refractivity contribution in [2.24, 2.45) is 11.8 Å². The van der Waals surface area contributed by atoms with Crippen LogP contribution in [-0.4, -0.2) is 44.1 Å². The lowest BCUT2D eigenvalue weighted by molar-refractivity contribution is 0.0951. The Balaban J connectivity index is 1.42. The third kappa shape index (κ3) is 3.67. The van der Waals surface area contributed by atoms with Crippen LogP contribution in [0.15, 0.2) is 30.6 Å². The van der Waals surface area contributed by atoms with Crippen LogP contribution in [0.25, 0.3) is 16.7 Å². The van der Waals surface area contributed by atoms with Crippen molar-refractivity contribution >= 4 is 28.4 Å². The predicted molar refractivity (Wildman–Crippen MR) is 112 cm³/mol. The first kappa shape index (κ1) is 18.4.